The summed E-state index contributed by atoms with van der Waals surface area (Å²) in [6.07, 6.45) is 5.29. The molecule has 1 aliphatic heterocycles. The number of anilines is 1. The van der Waals surface area contributed by atoms with Crippen LogP contribution in [0.15, 0.2) is 42.7 Å². The maximum Gasteiger partial charge on any atom is 0.225 e. The number of rotatable bonds is 7. The van der Waals surface area contributed by atoms with Crippen LogP contribution in [0.5, 0.6) is 11.5 Å². The molecule has 1 aromatic carbocycles. The molecule has 0 spiro atoms. The average molecular weight is 356 g/mol. The van der Waals surface area contributed by atoms with Crippen LogP contribution in [0.1, 0.15) is 12.8 Å². The first-order valence-electron chi connectivity index (χ1n) is 8.83. The van der Waals surface area contributed by atoms with Crippen molar-refractivity contribution in [2.75, 3.05) is 38.3 Å². The highest BCUT2D eigenvalue weighted by Crippen LogP contribution is 2.20. The zero-order chi connectivity index (χ0) is 18.2. The lowest BCUT2D eigenvalue weighted by molar-refractivity contribution is -0.125. The van der Waals surface area contributed by atoms with Crippen molar-refractivity contribution >= 4 is 11.9 Å². The van der Waals surface area contributed by atoms with Gasteiger partial charge in [-0.15, -0.1) is 0 Å². The van der Waals surface area contributed by atoms with Gasteiger partial charge in [-0.25, -0.2) is 9.97 Å². The van der Waals surface area contributed by atoms with Gasteiger partial charge in [0.05, 0.1) is 19.6 Å². The average Bonchev–Trinajstić information content (AvgIpc) is 2.72. The van der Waals surface area contributed by atoms with Gasteiger partial charge in [-0.3, -0.25) is 4.79 Å². The molecular weight excluding hydrogens is 332 g/mol. The van der Waals surface area contributed by atoms with E-state index in [0.29, 0.717) is 25.6 Å². The molecule has 0 bridgehead atoms. The Kier molecular flexibility index (Phi) is 6.24. The summed E-state index contributed by atoms with van der Waals surface area (Å²) >= 11 is 0. The summed E-state index contributed by atoms with van der Waals surface area (Å²) in [6, 6.07) is 9.17. The molecule has 2 aromatic rings. The molecule has 1 aromatic heterocycles. The predicted molar refractivity (Wildman–Crippen MR) is 98.5 cm³/mol. The summed E-state index contributed by atoms with van der Waals surface area (Å²) in [5.41, 5.74) is 0. The molecule has 7 nitrogen and oxygen atoms in total. The highest BCUT2D eigenvalue weighted by molar-refractivity contribution is 5.79. The number of aromatic nitrogens is 2. The van der Waals surface area contributed by atoms with Gasteiger partial charge in [-0.05, 0) is 43.2 Å². The standard InChI is InChI=1S/C19H24N4O3/c1-25-16-5-7-17(8-6-16)26-13-11-20-18(24)15-4-2-12-23(14-15)19-21-9-3-10-22-19/h3,5-10,15H,2,4,11-14H2,1H3,(H,20,24). The number of carbonyl (C=O) groups is 1. The largest absolute Gasteiger partial charge is 0.497 e. The normalized spacial score (nSPS) is 16.8. The van der Waals surface area contributed by atoms with Crippen LogP contribution in [0.3, 0.4) is 0 Å². The monoisotopic (exact) mass is 356 g/mol. The molecular formula is C19H24N4O3. The van der Waals surface area contributed by atoms with Gasteiger partial charge in [0, 0.05) is 25.5 Å². The van der Waals surface area contributed by atoms with Crippen molar-refractivity contribution in [1.29, 1.82) is 0 Å². The number of methoxy groups -OCH3 is 1. The first kappa shape index (κ1) is 18.0. The number of benzene rings is 1. The van der Waals surface area contributed by atoms with Gasteiger partial charge < -0.3 is 19.7 Å². The van der Waals surface area contributed by atoms with E-state index in [1.54, 1.807) is 25.6 Å². The lowest BCUT2D eigenvalue weighted by Crippen LogP contribution is -2.44. The van der Waals surface area contributed by atoms with E-state index in [2.05, 4.69) is 20.2 Å². The SMILES string of the molecule is COc1ccc(OCCNC(=O)C2CCCN(c3ncccn3)C2)cc1. The number of piperidine rings is 1. The van der Waals surface area contributed by atoms with Gasteiger partial charge in [0.1, 0.15) is 18.1 Å². The first-order valence-corrected chi connectivity index (χ1v) is 8.83. The Hall–Kier alpha value is -2.83. The number of nitrogens with one attached hydrogen (secondary N) is 1. The van der Waals surface area contributed by atoms with E-state index in [0.717, 1.165) is 30.9 Å². The molecule has 0 saturated carbocycles. The first-order chi connectivity index (χ1) is 12.8. The second kappa shape index (κ2) is 9.03. The number of amides is 1. The number of carbonyl (C=O) groups excluding carboxylic acids is 1. The molecule has 1 unspecified atom stereocenters. The zero-order valence-corrected chi connectivity index (χ0v) is 14.9. The Morgan fingerprint density at radius 2 is 1.96 bits per heavy atom. The molecule has 138 valence electrons. The highest BCUT2D eigenvalue weighted by Gasteiger charge is 2.26. The van der Waals surface area contributed by atoms with Gasteiger partial charge in [0.2, 0.25) is 11.9 Å². The molecule has 1 atom stereocenters. The maximum absolute atomic E-state index is 12.4. The number of hydrogen-bond acceptors (Lipinski definition) is 6. The molecule has 1 amide bonds. The summed E-state index contributed by atoms with van der Waals surface area (Å²) in [5, 5.41) is 2.96. The third-order valence-corrected chi connectivity index (χ3v) is 4.36. The highest BCUT2D eigenvalue weighted by atomic mass is 16.5. The van der Waals surface area contributed by atoms with E-state index in [4.69, 9.17) is 9.47 Å². The summed E-state index contributed by atoms with van der Waals surface area (Å²) in [5.74, 6) is 2.24. The van der Waals surface area contributed by atoms with Crippen molar-refractivity contribution in [1.82, 2.24) is 15.3 Å². The molecule has 1 aliphatic rings. The Morgan fingerprint density at radius 1 is 1.23 bits per heavy atom. The summed E-state index contributed by atoms with van der Waals surface area (Å²) < 4.78 is 10.7. The minimum Gasteiger partial charge on any atom is -0.497 e. The number of nitrogens with zero attached hydrogens (tertiary/aromatic N) is 3. The molecule has 0 aliphatic carbocycles. The van der Waals surface area contributed by atoms with Crippen LogP contribution >= 0.6 is 0 Å². The fourth-order valence-electron chi connectivity index (χ4n) is 2.99. The molecule has 1 N–H and O–H groups in total. The lowest BCUT2D eigenvalue weighted by atomic mass is 9.97. The fraction of sp³-hybridized carbons (Fsp3) is 0.421. The quantitative estimate of drug-likeness (QED) is 0.764. The van der Waals surface area contributed by atoms with Gasteiger partial charge in [0.15, 0.2) is 0 Å². The number of ether oxygens (including phenoxy) is 2. The third-order valence-electron chi connectivity index (χ3n) is 4.36. The van der Waals surface area contributed by atoms with Crippen LogP contribution < -0.4 is 19.7 Å². The Bertz CT molecular complexity index is 694. The van der Waals surface area contributed by atoms with Gasteiger partial charge >= 0.3 is 0 Å². The third kappa shape index (κ3) is 4.84. The minimum atomic E-state index is -0.0476. The van der Waals surface area contributed by atoms with E-state index < -0.39 is 0 Å². The van der Waals surface area contributed by atoms with Crippen molar-refractivity contribution in [2.45, 2.75) is 12.8 Å². The van der Waals surface area contributed by atoms with Crippen LogP contribution in [0.25, 0.3) is 0 Å². The minimum absolute atomic E-state index is 0.0476. The van der Waals surface area contributed by atoms with E-state index in [-0.39, 0.29) is 11.8 Å². The van der Waals surface area contributed by atoms with Crippen molar-refractivity contribution < 1.29 is 14.3 Å². The van der Waals surface area contributed by atoms with E-state index in [1.165, 1.54) is 0 Å². The smallest absolute Gasteiger partial charge is 0.225 e. The number of hydrogen-bond donors (Lipinski definition) is 1. The fourth-order valence-corrected chi connectivity index (χ4v) is 2.99. The van der Waals surface area contributed by atoms with Gasteiger partial charge in [-0.2, -0.15) is 0 Å². The molecule has 0 radical (unpaired) electrons. The Labute approximate surface area is 153 Å². The second-order valence-electron chi connectivity index (χ2n) is 6.15. The molecule has 1 fully saturated rings. The molecule has 3 rings (SSSR count). The van der Waals surface area contributed by atoms with Crippen LogP contribution in [0, 0.1) is 5.92 Å². The Balaban J connectivity index is 1.41. The van der Waals surface area contributed by atoms with Crippen LogP contribution in [0.4, 0.5) is 5.95 Å². The summed E-state index contributed by atoms with van der Waals surface area (Å²) in [4.78, 5) is 23.0. The Morgan fingerprint density at radius 3 is 2.69 bits per heavy atom. The van der Waals surface area contributed by atoms with Crippen LogP contribution in [-0.4, -0.2) is 49.2 Å². The van der Waals surface area contributed by atoms with Crippen LogP contribution in [-0.2, 0) is 4.79 Å². The van der Waals surface area contributed by atoms with E-state index >= 15 is 0 Å². The zero-order valence-electron chi connectivity index (χ0n) is 14.9. The van der Waals surface area contributed by atoms with Crippen molar-refractivity contribution in [3.05, 3.63) is 42.7 Å². The van der Waals surface area contributed by atoms with Crippen molar-refractivity contribution in [3.8, 4) is 11.5 Å². The maximum atomic E-state index is 12.4. The topological polar surface area (TPSA) is 76.6 Å². The lowest BCUT2D eigenvalue weighted by Gasteiger charge is -2.31. The summed E-state index contributed by atoms with van der Waals surface area (Å²) in [7, 11) is 1.63. The predicted octanol–water partition coefficient (Wildman–Crippen LogP) is 1.90. The molecule has 1 saturated heterocycles. The summed E-state index contributed by atoms with van der Waals surface area (Å²) in [6.45, 7) is 2.43. The van der Waals surface area contributed by atoms with Crippen molar-refractivity contribution in [3.63, 3.8) is 0 Å². The molecule has 7 heteroatoms. The van der Waals surface area contributed by atoms with E-state index in [1.807, 2.05) is 24.3 Å². The van der Waals surface area contributed by atoms with Crippen molar-refractivity contribution in [2.24, 2.45) is 5.92 Å². The van der Waals surface area contributed by atoms with Gasteiger partial charge in [-0.1, -0.05) is 0 Å². The molecule has 2 heterocycles. The second-order valence-corrected chi connectivity index (χ2v) is 6.15. The van der Waals surface area contributed by atoms with Crippen LogP contribution in [0.2, 0.25) is 0 Å². The molecule has 26 heavy (non-hydrogen) atoms. The van der Waals surface area contributed by atoms with Gasteiger partial charge in [0.25, 0.3) is 0 Å². The van der Waals surface area contributed by atoms with E-state index in [9.17, 15) is 4.79 Å².